The number of hydrogen-bond donors (Lipinski definition) is 2. The van der Waals surface area contributed by atoms with Gasteiger partial charge in [0.15, 0.2) is 0 Å². The topological polar surface area (TPSA) is 54.0 Å². The lowest BCUT2D eigenvalue weighted by Gasteiger charge is -2.13. The standard InChI is InChI=1S/C13H21N3O/c1-4-14-11(3)8-16-13(17)7-12-6-5-10(2)15-9-12/h5-6,9,11,14H,4,7-8H2,1-3H3,(H,16,17)/t11-/m1/s1. The summed E-state index contributed by atoms with van der Waals surface area (Å²) in [5.41, 5.74) is 1.92. The SMILES string of the molecule is CCN[C@H](C)CNC(=O)Cc1ccc(C)nc1. The summed E-state index contributed by atoms with van der Waals surface area (Å²) in [5, 5.41) is 6.15. The van der Waals surface area contributed by atoms with Crippen LogP contribution in [-0.4, -0.2) is 30.0 Å². The third-order valence-electron chi connectivity index (χ3n) is 2.50. The maximum absolute atomic E-state index is 11.6. The van der Waals surface area contributed by atoms with Crippen LogP contribution in [0.4, 0.5) is 0 Å². The van der Waals surface area contributed by atoms with E-state index in [-0.39, 0.29) is 5.91 Å². The van der Waals surface area contributed by atoms with E-state index in [1.807, 2.05) is 19.1 Å². The van der Waals surface area contributed by atoms with Gasteiger partial charge in [-0.25, -0.2) is 0 Å². The number of carbonyl (C=O) groups is 1. The molecule has 0 saturated carbocycles. The van der Waals surface area contributed by atoms with Gasteiger partial charge < -0.3 is 10.6 Å². The Balaban J connectivity index is 2.32. The first kappa shape index (κ1) is 13.6. The number of likely N-dealkylation sites (N-methyl/N-ethyl adjacent to an activating group) is 1. The van der Waals surface area contributed by atoms with Crippen molar-refractivity contribution in [3.8, 4) is 0 Å². The van der Waals surface area contributed by atoms with Crippen molar-refractivity contribution in [2.45, 2.75) is 33.2 Å². The first-order valence-electron chi connectivity index (χ1n) is 6.03. The molecular formula is C13H21N3O. The normalized spacial score (nSPS) is 12.2. The van der Waals surface area contributed by atoms with E-state index in [9.17, 15) is 4.79 Å². The number of hydrogen-bond acceptors (Lipinski definition) is 3. The second kappa shape index (κ2) is 7.01. The fourth-order valence-corrected chi connectivity index (χ4v) is 1.54. The average molecular weight is 235 g/mol. The van der Waals surface area contributed by atoms with E-state index in [2.05, 4.69) is 29.5 Å². The van der Waals surface area contributed by atoms with Crippen LogP contribution < -0.4 is 10.6 Å². The molecule has 1 atom stereocenters. The second-order valence-electron chi connectivity index (χ2n) is 4.25. The van der Waals surface area contributed by atoms with Crippen molar-refractivity contribution in [3.05, 3.63) is 29.6 Å². The Labute approximate surface area is 103 Å². The van der Waals surface area contributed by atoms with E-state index in [1.165, 1.54) is 0 Å². The van der Waals surface area contributed by atoms with Crippen molar-refractivity contribution in [2.75, 3.05) is 13.1 Å². The predicted molar refractivity (Wildman–Crippen MR) is 68.8 cm³/mol. The van der Waals surface area contributed by atoms with Crippen LogP contribution in [-0.2, 0) is 11.2 Å². The van der Waals surface area contributed by atoms with Gasteiger partial charge in [0.25, 0.3) is 0 Å². The molecule has 1 aromatic rings. The Kier molecular flexibility index (Phi) is 5.63. The van der Waals surface area contributed by atoms with Crippen LogP contribution in [0.25, 0.3) is 0 Å². The molecule has 0 spiro atoms. The van der Waals surface area contributed by atoms with Crippen molar-refractivity contribution in [2.24, 2.45) is 0 Å². The number of pyridine rings is 1. The molecule has 0 unspecified atom stereocenters. The third kappa shape index (κ3) is 5.45. The minimum atomic E-state index is 0.0420. The fourth-order valence-electron chi connectivity index (χ4n) is 1.54. The summed E-state index contributed by atoms with van der Waals surface area (Å²) < 4.78 is 0. The van der Waals surface area contributed by atoms with Crippen molar-refractivity contribution in [1.82, 2.24) is 15.6 Å². The molecule has 0 aliphatic heterocycles. The summed E-state index contributed by atoms with van der Waals surface area (Å²) in [7, 11) is 0. The molecule has 1 amide bonds. The summed E-state index contributed by atoms with van der Waals surface area (Å²) in [4.78, 5) is 15.8. The summed E-state index contributed by atoms with van der Waals surface area (Å²) >= 11 is 0. The molecule has 94 valence electrons. The Morgan fingerprint density at radius 2 is 2.24 bits per heavy atom. The fraction of sp³-hybridized carbons (Fsp3) is 0.538. The van der Waals surface area contributed by atoms with Crippen LogP contribution in [0.3, 0.4) is 0 Å². The Morgan fingerprint density at radius 3 is 2.82 bits per heavy atom. The number of nitrogens with one attached hydrogen (secondary N) is 2. The molecule has 1 rings (SSSR count). The molecule has 4 nitrogen and oxygen atoms in total. The lowest BCUT2D eigenvalue weighted by atomic mass is 10.2. The summed E-state index contributed by atoms with van der Waals surface area (Å²) in [6, 6.07) is 4.17. The number of nitrogens with zero attached hydrogens (tertiary/aromatic N) is 1. The first-order chi connectivity index (χ1) is 8.11. The first-order valence-corrected chi connectivity index (χ1v) is 6.03. The minimum Gasteiger partial charge on any atom is -0.354 e. The summed E-state index contributed by atoms with van der Waals surface area (Å²) in [5.74, 6) is 0.0420. The molecule has 0 aliphatic carbocycles. The van der Waals surface area contributed by atoms with Gasteiger partial charge in [-0.1, -0.05) is 13.0 Å². The van der Waals surface area contributed by atoms with Crippen LogP contribution >= 0.6 is 0 Å². The highest BCUT2D eigenvalue weighted by Gasteiger charge is 2.05. The van der Waals surface area contributed by atoms with E-state index in [4.69, 9.17) is 0 Å². The van der Waals surface area contributed by atoms with Crippen LogP contribution in [0.2, 0.25) is 0 Å². The van der Waals surface area contributed by atoms with Crippen LogP contribution in [0, 0.1) is 6.92 Å². The summed E-state index contributed by atoms with van der Waals surface area (Å²) in [6.07, 6.45) is 2.15. The Hall–Kier alpha value is -1.42. The van der Waals surface area contributed by atoms with Gasteiger partial charge in [-0.2, -0.15) is 0 Å². The minimum absolute atomic E-state index is 0.0420. The highest BCUT2D eigenvalue weighted by atomic mass is 16.1. The van der Waals surface area contributed by atoms with Crippen molar-refractivity contribution >= 4 is 5.91 Å². The molecule has 1 heterocycles. The maximum atomic E-state index is 11.6. The highest BCUT2D eigenvalue weighted by Crippen LogP contribution is 2.00. The van der Waals surface area contributed by atoms with Crippen LogP contribution in [0.5, 0.6) is 0 Å². The Morgan fingerprint density at radius 1 is 1.47 bits per heavy atom. The molecule has 0 aromatic carbocycles. The molecule has 4 heteroatoms. The smallest absolute Gasteiger partial charge is 0.224 e. The van der Waals surface area contributed by atoms with Crippen molar-refractivity contribution in [3.63, 3.8) is 0 Å². The van der Waals surface area contributed by atoms with Gasteiger partial charge >= 0.3 is 0 Å². The van der Waals surface area contributed by atoms with E-state index < -0.39 is 0 Å². The quantitative estimate of drug-likeness (QED) is 0.775. The lowest BCUT2D eigenvalue weighted by Crippen LogP contribution is -2.39. The van der Waals surface area contributed by atoms with Gasteiger partial charge in [0, 0.05) is 24.5 Å². The monoisotopic (exact) mass is 235 g/mol. The zero-order chi connectivity index (χ0) is 12.7. The van der Waals surface area contributed by atoms with Gasteiger partial charge in [0.1, 0.15) is 0 Å². The number of rotatable bonds is 6. The molecule has 17 heavy (non-hydrogen) atoms. The number of aromatic nitrogens is 1. The lowest BCUT2D eigenvalue weighted by molar-refractivity contribution is -0.120. The van der Waals surface area contributed by atoms with Gasteiger partial charge in [-0.05, 0) is 32.0 Å². The molecule has 0 fully saturated rings. The van der Waals surface area contributed by atoms with Crippen LogP contribution in [0.1, 0.15) is 25.1 Å². The number of amides is 1. The molecule has 0 radical (unpaired) electrons. The summed E-state index contributed by atoms with van der Waals surface area (Å²) in [6.45, 7) is 7.61. The van der Waals surface area contributed by atoms with Crippen molar-refractivity contribution < 1.29 is 4.79 Å². The zero-order valence-corrected chi connectivity index (χ0v) is 10.8. The van der Waals surface area contributed by atoms with Crippen molar-refractivity contribution in [1.29, 1.82) is 0 Å². The third-order valence-corrected chi connectivity index (χ3v) is 2.50. The predicted octanol–water partition coefficient (Wildman–Crippen LogP) is 1.05. The van der Waals surface area contributed by atoms with Crippen LogP contribution in [0.15, 0.2) is 18.3 Å². The molecule has 0 bridgehead atoms. The van der Waals surface area contributed by atoms with Gasteiger partial charge in [0.05, 0.1) is 6.42 Å². The Bertz CT molecular complexity index is 348. The van der Waals surface area contributed by atoms with E-state index in [0.717, 1.165) is 17.8 Å². The average Bonchev–Trinajstić information content (AvgIpc) is 2.30. The molecule has 0 aliphatic rings. The number of aryl methyl sites for hydroxylation is 1. The van der Waals surface area contributed by atoms with Gasteiger partial charge in [-0.15, -0.1) is 0 Å². The second-order valence-corrected chi connectivity index (χ2v) is 4.25. The largest absolute Gasteiger partial charge is 0.354 e. The number of carbonyl (C=O) groups excluding carboxylic acids is 1. The van der Waals surface area contributed by atoms with E-state index in [1.54, 1.807) is 6.20 Å². The van der Waals surface area contributed by atoms with Gasteiger partial charge in [0.2, 0.25) is 5.91 Å². The molecule has 0 saturated heterocycles. The molecule has 1 aromatic heterocycles. The maximum Gasteiger partial charge on any atom is 0.224 e. The van der Waals surface area contributed by atoms with E-state index >= 15 is 0 Å². The molecular weight excluding hydrogens is 214 g/mol. The highest BCUT2D eigenvalue weighted by molar-refractivity contribution is 5.78. The van der Waals surface area contributed by atoms with Gasteiger partial charge in [-0.3, -0.25) is 9.78 Å². The van der Waals surface area contributed by atoms with E-state index in [0.29, 0.717) is 19.0 Å². The molecule has 2 N–H and O–H groups in total. The zero-order valence-electron chi connectivity index (χ0n) is 10.8.